The molecule has 0 radical (unpaired) electrons. The largest absolute Gasteiger partial charge is 0.378 e. The fourth-order valence-corrected chi connectivity index (χ4v) is 3.94. The second-order valence-corrected chi connectivity index (χ2v) is 8.09. The molecular formula is C25H23N9O. The van der Waals surface area contributed by atoms with Crippen LogP contribution in [0, 0.1) is 0 Å². The molecular weight excluding hydrogens is 442 g/mol. The van der Waals surface area contributed by atoms with Gasteiger partial charge in [-0.05, 0) is 35.9 Å². The Morgan fingerprint density at radius 2 is 1.66 bits per heavy atom. The van der Waals surface area contributed by atoms with Crippen LogP contribution in [-0.2, 0) is 4.74 Å². The van der Waals surface area contributed by atoms with Crippen molar-refractivity contribution in [3.63, 3.8) is 0 Å². The first kappa shape index (κ1) is 21.0. The van der Waals surface area contributed by atoms with Gasteiger partial charge >= 0.3 is 0 Å². The molecule has 0 saturated carbocycles. The van der Waals surface area contributed by atoms with Gasteiger partial charge in [0.15, 0.2) is 0 Å². The Kier molecular flexibility index (Phi) is 5.61. The molecule has 0 aliphatic carbocycles. The highest BCUT2D eigenvalue weighted by atomic mass is 16.5. The summed E-state index contributed by atoms with van der Waals surface area (Å²) in [5, 5.41) is 14.7. The molecule has 1 saturated heterocycles. The summed E-state index contributed by atoms with van der Waals surface area (Å²) in [5.74, 6) is 1.25. The first-order valence-corrected chi connectivity index (χ1v) is 11.4. The van der Waals surface area contributed by atoms with Gasteiger partial charge in [-0.2, -0.15) is 10.1 Å². The van der Waals surface area contributed by atoms with Crippen LogP contribution in [0.4, 0.5) is 17.6 Å². The number of ether oxygens (including phenoxy) is 1. The Balaban J connectivity index is 1.15. The molecule has 174 valence electrons. The molecule has 0 amide bonds. The maximum Gasteiger partial charge on any atom is 0.245 e. The molecule has 0 atom stereocenters. The van der Waals surface area contributed by atoms with Crippen molar-refractivity contribution < 1.29 is 4.74 Å². The number of benzene rings is 2. The third kappa shape index (κ3) is 4.59. The molecule has 1 aliphatic rings. The minimum Gasteiger partial charge on any atom is -0.378 e. The number of hydrogen-bond donors (Lipinski definition) is 2. The second-order valence-electron chi connectivity index (χ2n) is 8.09. The lowest BCUT2D eigenvalue weighted by Crippen LogP contribution is -2.37. The predicted molar refractivity (Wildman–Crippen MR) is 133 cm³/mol. The lowest BCUT2D eigenvalue weighted by Gasteiger charge is -2.25. The number of rotatable bonds is 6. The minimum absolute atomic E-state index is 0.532. The van der Waals surface area contributed by atoms with E-state index in [1.807, 2.05) is 48.7 Å². The van der Waals surface area contributed by atoms with Crippen LogP contribution in [0.5, 0.6) is 0 Å². The highest BCUT2D eigenvalue weighted by molar-refractivity contribution is 5.68. The number of nitrogens with one attached hydrogen (secondary N) is 2. The zero-order valence-electron chi connectivity index (χ0n) is 18.9. The van der Waals surface area contributed by atoms with Crippen molar-refractivity contribution in [1.29, 1.82) is 0 Å². The zero-order chi connectivity index (χ0) is 23.5. The first-order chi connectivity index (χ1) is 17.3. The standard InChI is InChI=1S/C25H23N9O/c1-3-19(4-2-18(1)20-15-28-29-16-20)23-9-10-26-24(31-23)30-21-5-7-22(8-6-21)34-17-27-25(32-34)33-11-13-35-14-12-33/h1-10,15-17H,11-14H2,(H,28,29)(H,26,30,31). The maximum absolute atomic E-state index is 5.40. The smallest absolute Gasteiger partial charge is 0.245 e. The van der Waals surface area contributed by atoms with Crippen LogP contribution in [-0.4, -0.2) is 61.2 Å². The fraction of sp³-hybridized carbons (Fsp3) is 0.160. The zero-order valence-corrected chi connectivity index (χ0v) is 18.9. The Labute approximate surface area is 201 Å². The van der Waals surface area contributed by atoms with Gasteiger partial charge in [0, 0.05) is 42.3 Å². The van der Waals surface area contributed by atoms with Crippen LogP contribution in [0.1, 0.15) is 0 Å². The van der Waals surface area contributed by atoms with E-state index in [9.17, 15) is 0 Å². The van der Waals surface area contributed by atoms with Crippen LogP contribution in [0.15, 0.2) is 79.5 Å². The molecule has 10 nitrogen and oxygen atoms in total. The lowest BCUT2D eigenvalue weighted by molar-refractivity contribution is 0.122. The molecule has 6 rings (SSSR count). The Bertz CT molecular complexity index is 1390. The van der Waals surface area contributed by atoms with E-state index < -0.39 is 0 Å². The SMILES string of the molecule is c1cc(-c2ccc(-c3cn[nH]c3)cc2)nc(Nc2ccc(-n3cnc(N4CCOCC4)n3)cc2)n1. The molecule has 3 aromatic heterocycles. The van der Waals surface area contributed by atoms with Gasteiger partial charge in [-0.1, -0.05) is 24.3 Å². The summed E-state index contributed by atoms with van der Waals surface area (Å²) in [5.41, 5.74) is 5.81. The van der Waals surface area contributed by atoms with Crippen molar-refractivity contribution in [2.45, 2.75) is 0 Å². The molecule has 1 fully saturated rings. The van der Waals surface area contributed by atoms with Crippen molar-refractivity contribution in [3.8, 4) is 28.1 Å². The van der Waals surface area contributed by atoms with E-state index in [2.05, 4.69) is 52.6 Å². The van der Waals surface area contributed by atoms with Crippen LogP contribution in [0.25, 0.3) is 28.1 Å². The monoisotopic (exact) mass is 465 g/mol. The topological polar surface area (TPSA) is 110 Å². The molecule has 10 heteroatoms. The van der Waals surface area contributed by atoms with Gasteiger partial charge in [0.05, 0.1) is 30.8 Å². The molecule has 4 heterocycles. The van der Waals surface area contributed by atoms with Crippen molar-refractivity contribution in [2.75, 3.05) is 36.5 Å². The fourth-order valence-electron chi connectivity index (χ4n) is 3.94. The van der Waals surface area contributed by atoms with Gasteiger partial charge in [0.2, 0.25) is 11.9 Å². The van der Waals surface area contributed by atoms with E-state index in [0.717, 1.165) is 52.8 Å². The summed E-state index contributed by atoms with van der Waals surface area (Å²) in [6, 6.07) is 18.0. The van der Waals surface area contributed by atoms with E-state index in [1.165, 1.54) is 0 Å². The van der Waals surface area contributed by atoms with Gasteiger partial charge in [0.1, 0.15) is 6.33 Å². The summed E-state index contributed by atoms with van der Waals surface area (Å²) in [6.45, 7) is 3.02. The number of H-pyrrole nitrogens is 1. The molecule has 1 aliphatic heterocycles. The van der Waals surface area contributed by atoms with Crippen LogP contribution < -0.4 is 10.2 Å². The number of hydrogen-bond acceptors (Lipinski definition) is 8. The molecule has 5 aromatic rings. The number of aromatic amines is 1. The second kappa shape index (κ2) is 9.35. The molecule has 0 unspecified atom stereocenters. The van der Waals surface area contributed by atoms with Crippen molar-refractivity contribution >= 4 is 17.6 Å². The number of aromatic nitrogens is 7. The Hall–Kier alpha value is -4.57. The molecule has 35 heavy (non-hydrogen) atoms. The van der Waals surface area contributed by atoms with Crippen molar-refractivity contribution in [3.05, 3.63) is 79.5 Å². The predicted octanol–water partition coefficient (Wildman–Crippen LogP) is 3.69. The normalized spacial score (nSPS) is 13.7. The van der Waals surface area contributed by atoms with Gasteiger partial charge in [-0.25, -0.2) is 14.6 Å². The number of morpholine rings is 1. The maximum atomic E-state index is 5.40. The highest BCUT2D eigenvalue weighted by Crippen LogP contribution is 2.24. The van der Waals surface area contributed by atoms with Crippen LogP contribution in [0.2, 0.25) is 0 Å². The highest BCUT2D eigenvalue weighted by Gasteiger charge is 2.15. The van der Waals surface area contributed by atoms with Gasteiger partial charge in [-0.15, -0.1) is 5.10 Å². The van der Waals surface area contributed by atoms with E-state index in [4.69, 9.17) is 4.74 Å². The molecule has 0 bridgehead atoms. The summed E-state index contributed by atoms with van der Waals surface area (Å²) in [7, 11) is 0. The quantitative estimate of drug-likeness (QED) is 0.391. The summed E-state index contributed by atoms with van der Waals surface area (Å²) in [6.07, 6.45) is 7.17. The number of nitrogens with zero attached hydrogens (tertiary/aromatic N) is 7. The lowest BCUT2D eigenvalue weighted by atomic mass is 10.1. The summed E-state index contributed by atoms with van der Waals surface area (Å²) >= 11 is 0. The third-order valence-corrected chi connectivity index (χ3v) is 5.83. The van der Waals surface area contributed by atoms with E-state index in [-0.39, 0.29) is 0 Å². The van der Waals surface area contributed by atoms with E-state index in [1.54, 1.807) is 23.4 Å². The molecule has 0 spiro atoms. The van der Waals surface area contributed by atoms with Gasteiger partial charge < -0.3 is 15.0 Å². The molecule has 2 aromatic carbocycles. The van der Waals surface area contributed by atoms with Crippen molar-refractivity contribution in [1.82, 2.24) is 34.9 Å². The van der Waals surface area contributed by atoms with Gasteiger partial charge in [-0.3, -0.25) is 5.10 Å². The first-order valence-electron chi connectivity index (χ1n) is 11.4. The van der Waals surface area contributed by atoms with E-state index in [0.29, 0.717) is 19.2 Å². The Morgan fingerprint density at radius 1 is 0.857 bits per heavy atom. The summed E-state index contributed by atoms with van der Waals surface area (Å²) in [4.78, 5) is 15.6. The van der Waals surface area contributed by atoms with Crippen LogP contribution in [0.3, 0.4) is 0 Å². The van der Waals surface area contributed by atoms with E-state index >= 15 is 0 Å². The summed E-state index contributed by atoms with van der Waals surface area (Å²) < 4.78 is 7.18. The van der Waals surface area contributed by atoms with Crippen LogP contribution >= 0.6 is 0 Å². The van der Waals surface area contributed by atoms with Crippen molar-refractivity contribution in [2.24, 2.45) is 0 Å². The third-order valence-electron chi connectivity index (χ3n) is 5.83. The van der Waals surface area contributed by atoms with Gasteiger partial charge in [0.25, 0.3) is 0 Å². The minimum atomic E-state index is 0.532. The average molecular weight is 466 g/mol. The average Bonchev–Trinajstić information content (AvgIpc) is 3.63. The molecule has 2 N–H and O–H groups in total. The Morgan fingerprint density at radius 3 is 2.43 bits per heavy atom. The number of anilines is 3.